The third-order valence-corrected chi connectivity index (χ3v) is 3.99. The molecule has 0 aromatic carbocycles. The Morgan fingerprint density at radius 3 is 1.75 bits per heavy atom. The Hall–Kier alpha value is 1.74. The van der Waals surface area contributed by atoms with Gasteiger partial charge in [0.15, 0.2) is 0 Å². The Kier molecular flexibility index (Phi) is 21.4. The largest absolute Gasteiger partial charge is 1.00 e. The quantitative estimate of drug-likeness (QED) is 0.123. The van der Waals surface area contributed by atoms with Gasteiger partial charge in [0.25, 0.3) is 0 Å². The molecular weight excluding hydrogens is 382 g/mol. The molecule has 0 bridgehead atoms. The second kappa shape index (κ2) is 16.9. The molecule has 0 aliphatic carbocycles. The molecule has 0 aliphatic rings. The van der Waals surface area contributed by atoms with Crippen LogP contribution in [0.4, 0.5) is 0 Å². The second-order valence-electron chi connectivity index (χ2n) is 5.06. The summed E-state index contributed by atoms with van der Waals surface area (Å²) in [4.78, 5) is 0. The molecule has 0 amide bonds. The summed E-state index contributed by atoms with van der Waals surface area (Å²) in [5.74, 6) is 0. The van der Waals surface area contributed by atoms with Crippen LogP contribution in [-0.4, -0.2) is 38.7 Å². The van der Waals surface area contributed by atoms with E-state index in [1.807, 2.05) is 0 Å². The number of hydrogen-bond donors (Lipinski definition) is 0. The maximum atomic E-state index is 10.7. The normalized spacial score (nSPS) is 13.0. The first kappa shape index (κ1) is 30.5. The SMILES string of the molecule is CCCCCCCC(CCCCOS(=O)(=O)[O-])OS(=O)(=O)[O-].[Na+].[Na+]. The van der Waals surface area contributed by atoms with Gasteiger partial charge in [0.05, 0.1) is 12.7 Å². The van der Waals surface area contributed by atoms with E-state index >= 15 is 0 Å². The van der Waals surface area contributed by atoms with E-state index in [0.717, 1.165) is 32.1 Å². The van der Waals surface area contributed by atoms with Gasteiger partial charge in [-0.1, -0.05) is 39.0 Å². The van der Waals surface area contributed by atoms with Crippen molar-refractivity contribution in [1.82, 2.24) is 0 Å². The van der Waals surface area contributed by atoms with Gasteiger partial charge in [0.1, 0.15) is 0 Å². The van der Waals surface area contributed by atoms with E-state index in [1.54, 1.807) is 0 Å². The fourth-order valence-electron chi connectivity index (χ4n) is 2.02. The predicted octanol–water partition coefficient (Wildman–Crippen LogP) is -4.15. The summed E-state index contributed by atoms with van der Waals surface area (Å²) in [6, 6.07) is 0. The Bertz CT molecular complexity index is 481. The van der Waals surface area contributed by atoms with Crippen LogP contribution in [0.1, 0.15) is 64.7 Å². The average molecular weight is 406 g/mol. The molecule has 0 saturated carbocycles. The number of unbranched alkanes of at least 4 members (excludes halogenated alkanes) is 5. The van der Waals surface area contributed by atoms with E-state index in [0.29, 0.717) is 12.8 Å². The first-order valence-corrected chi connectivity index (χ1v) is 10.0. The minimum absolute atomic E-state index is 0. The third-order valence-electron chi connectivity index (χ3n) is 3.03. The van der Waals surface area contributed by atoms with E-state index < -0.39 is 26.9 Å². The molecule has 0 aromatic rings. The standard InChI is InChI=1S/C12H26O8S2.2Na/c1-2-3-4-5-6-9-12(20-22(16,17)18)10-7-8-11-19-21(13,14)15;;/h12H,2-11H2,1H3,(H,13,14,15)(H,16,17,18);;/q;2*+1/p-2. The minimum Gasteiger partial charge on any atom is -0.726 e. The summed E-state index contributed by atoms with van der Waals surface area (Å²) in [5, 5.41) is 0. The summed E-state index contributed by atoms with van der Waals surface area (Å²) in [7, 11) is -9.47. The zero-order valence-electron chi connectivity index (χ0n) is 14.7. The predicted molar refractivity (Wildman–Crippen MR) is 77.4 cm³/mol. The molecule has 0 saturated heterocycles. The molecule has 0 aliphatic heterocycles. The summed E-state index contributed by atoms with van der Waals surface area (Å²) >= 11 is 0. The maximum Gasteiger partial charge on any atom is 1.00 e. The molecule has 0 fully saturated rings. The van der Waals surface area contributed by atoms with Crippen molar-refractivity contribution in [3.8, 4) is 0 Å². The van der Waals surface area contributed by atoms with Crippen molar-refractivity contribution >= 4 is 20.8 Å². The first-order chi connectivity index (χ1) is 10.1. The number of rotatable bonds is 14. The van der Waals surface area contributed by atoms with Crippen molar-refractivity contribution in [2.24, 2.45) is 0 Å². The van der Waals surface area contributed by atoms with Crippen molar-refractivity contribution in [3.63, 3.8) is 0 Å². The van der Waals surface area contributed by atoms with Gasteiger partial charge in [-0.3, -0.25) is 8.37 Å². The molecule has 0 rings (SSSR count). The van der Waals surface area contributed by atoms with E-state index in [9.17, 15) is 25.9 Å². The van der Waals surface area contributed by atoms with Gasteiger partial charge in [-0.2, -0.15) is 0 Å². The van der Waals surface area contributed by atoms with E-state index in [-0.39, 0.29) is 78.6 Å². The first-order valence-electron chi connectivity index (χ1n) is 7.38. The smallest absolute Gasteiger partial charge is 0.726 e. The zero-order valence-corrected chi connectivity index (χ0v) is 20.4. The van der Waals surface area contributed by atoms with Crippen LogP contribution in [0.25, 0.3) is 0 Å². The van der Waals surface area contributed by atoms with Crippen LogP contribution >= 0.6 is 0 Å². The molecule has 0 heterocycles. The summed E-state index contributed by atoms with van der Waals surface area (Å²) in [6.45, 7) is 1.82. The maximum absolute atomic E-state index is 10.7. The molecule has 134 valence electrons. The van der Waals surface area contributed by atoms with Crippen LogP contribution < -0.4 is 59.1 Å². The van der Waals surface area contributed by atoms with Crippen molar-refractivity contribution in [1.29, 1.82) is 0 Å². The fraction of sp³-hybridized carbons (Fsp3) is 1.00. The molecule has 0 spiro atoms. The van der Waals surface area contributed by atoms with Crippen LogP contribution in [0.2, 0.25) is 0 Å². The van der Waals surface area contributed by atoms with Crippen LogP contribution in [0.5, 0.6) is 0 Å². The van der Waals surface area contributed by atoms with Gasteiger partial charge in [-0.25, -0.2) is 16.8 Å². The molecule has 0 radical (unpaired) electrons. The monoisotopic (exact) mass is 406 g/mol. The summed E-state index contributed by atoms with van der Waals surface area (Å²) in [5.41, 5.74) is 0. The molecule has 0 aromatic heterocycles. The topological polar surface area (TPSA) is 133 Å². The van der Waals surface area contributed by atoms with E-state index in [4.69, 9.17) is 0 Å². The molecular formula is C12H24Na2O8S2. The molecule has 1 atom stereocenters. The number of hydrogen-bond acceptors (Lipinski definition) is 8. The zero-order chi connectivity index (χ0) is 17.1. The van der Waals surface area contributed by atoms with Crippen LogP contribution in [0, 0.1) is 0 Å². The van der Waals surface area contributed by atoms with Gasteiger partial charge < -0.3 is 9.11 Å². The van der Waals surface area contributed by atoms with Crippen LogP contribution in [0.3, 0.4) is 0 Å². The Labute approximate surface area is 189 Å². The Balaban J connectivity index is -0.00000220. The van der Waals surface area contributed by atoms with Crippen LogP contribution in [-0.2, 0) is 29.2 Å². The molecule has 8 nitrogen and oxygen atoms in total. The Morgan fingerprint density at radius 2 is 1.29 bits per heavy atom. The van der Waals surface area contributed by atoms with Crippen LogP contribution in [0.15, 0.2) is 0 Å². The van der Waals surface area contributed by atoms with Gasteiger partial charge in [-0.05, 0) is 25.7 Å². The molecule has 0 N–H and O–H groups in total. The van der Waals surface area contributed by atoms with E-state index in [2.05, 4.69) is 15.3 Å². The second-order valence-corrected chi connectivity index (χ2v) is 7.12. The van der Waals surface area contributed by atoms with Gasteiger partial charge in [0, 0.05) is 0 Å². The summed E-state index contributed by atoms with van der Waals surface area (Å²) < 4.78 is 71.2. The molecule has 1 unspecified atom stereocenters. The average Bonchev–Trinajstić information content (AvgIpc) is 2.34. The van der Waals surface area contributed by atoms with Gasteiger partial charge in [-0.15, -0.1) is 0 Å². The van der Waals surface area contributed by atoms with Gasteiger partial charge in [0.2, 0.25) is 20.8 Å². The van der Waals surface area contributed by atoms with E-state index in [1.165, 1.54) is 0 Å². The fourth-order valence-corrected chi connectivity index (χ4v) is 2.87. The van der Waals surface area contributed by atoms with Crippen molar-refractivity contribution < 1.29 is 93.4 Å². The minimum atomic E-state index is -4.76. The third kappa shape index (κ3) is 23.7. The Morgan fingerprint density at radius 1 is 0.792 bits per heavy atom. The summed E-state index contributed by atoms with van der Waals surface area (Å²) in [6.07, 6.45) is 5.61. The molecule has 12 heteroatoms. The molecule has 24 heavy (non-hydrogen) atoms. The van der Waals surface area contributed by atoms with Crippen molar-refractivity contribution in [2.75, 3.05) is 6.61 Å². The van der Waals surface area contributed by atoms with Crippen molar-refractivity contribution in [3.05, 3.63) is 0 Å². The van der Waals surface area contributed by atoms with Crippen molar-refractivity contribution in [2.45, 2.75) is 70.8 Å². The van der Waals surface area contributed by atoms with Gasteiger partial charge >= 0.3 is 59.1 Å².